The molecule has 0 aromatic carbocycles. The van der Waals surface area contributed by atoms with Crippen molar-refractivity contribution in [1.29, 1.82) is 0 Å². The molecule has 0 aromatic heterocycles. The molecule has 2 atom stereocenters. The fourth-order valence-electron chi connectivity index (χ4n) is 1.92. The molecule has 0 heterocycles. The quantitative estimate of drug-likeness (QED) is 0.565. The van der Waals surface area contributed by atoms with Crippen LogP contribution in [0, 0.1) is 0 Å². The van der Waals surface area contributed by atoms with E-state index in [0.29, 0.717) is 32.7 Å². The van der Waals surface area contributed by atoms with Crippen molar-refractivity contribution in [2.45, 2.75) is 65.1 Å². The fraction of sp³-hybridized carbons (Fsp3) is 0.929. The van der Waals surface area contributed by atoms with Crippen LogP contribution in [-0.4, -0.2) is 48.6 Å². The van der Waals surface area contributed by atoms with Gasteiger partial charge in [-0.2, -0.15) is 0 Å². The van der Waals surface area contributed by atoms with Crippen molar-refractivity contribution in [2.75, 3.05) is 19.8 Å². The summed E-state index contributed by atoms with van der Waals surface area (Å²) in [5, 5.41) is 12.4. The van der Waals surface area contributed by atoms with Gasteiger partial charge in [-0.05, 0) is 47.5 Å². The monoisotopic (exact) mass is 275 g/mol. The van der Waals surface area contributed by atoms with Gasteiger partial charge in [0.25, 0.3) is 0 Å². The van der Waals surface area contributed by atoms with Gasteiger partial charge in [0, 0.05) is 19.3 Å². The Morgan fingerprint density at radius 2 is 2.00 bits per heavy atom. The van der Waals surface area contributed by atoms with E-state index in [2.05, 4.69) is 5.32 Å². The van der Waals surface area contributed by atoms with Gasteiger partial charge < -0.3 is 14.6 Å². The number of carboxylic acid groups (broad SMARTS) is 1. The van der Waals surface area contributed by atoms with E-state index in [4.69, 9.17) is 9.47 Å². The second-order valence-electron chi connectivity index (χ2n) is 5.38. The van der Waals surface area contributed by atoms with Gasteiger partial charge in [0.2, 0.25) is 0 Å². The molecule has 0 saturated carbocycles. The Morgan fingerprint density at radius 1 is 1.37 bits per heavy atom. The Bertz CT molecular complexity index is 258. The predicted molar refractivity (Wildman–Crippen MR) is 75.5 cm³/mol. The van der Waals surface area contributed by atoms with Crippen molar-refractivity contribution in [3.8, 4) is 0 Å². The molecule has 2 N–H and O–H groups in total. The third-order valence-electron chi connectivity index (χ3n) is 2.86. The van der Waals surface area contributed by atoms with Gasteiger partial charge in [-0.15, -0.1) is 0 Å². The first-order chi connectivity index (χ1) is 8.81. The fourth-order valence-corrected chi connectivity index (χ4v) is 1.92. The molecule has 114 valence electrons. The second kappa shape index (κ2) is 9.28. The smallest absolute Gasteiger partial charge is 0.323 e. The van der Waals surface area contributed by atoms with Crippen LogP contribution in [0.5, 0.6) is 0 Å². The number of aliphatic carboxylic acids is 1. The molecular formula is C14H29NO4. The average molecular weight is 275 g/mol. The lowest BCUT2D eigenvalue weighted by molar-refractivity contribution is -0.145. The van der Waals surface area contributed by atoms with E-state index in [0.717, 1.165) is 0 Å². The van der Waals surface area contributed by atoms with E-state index in [-0.39, 0.29) is 12.1 Å². The van der Waals surface area contributed by atoms with Gasteiger partial charge in [0.1, 0.15) is 5.54 Å². The SMILES string of the molecule is CCOCC(C)OCCCC(C)(NC(C)C)C(=O)O. The summed E-state index contributed by atoms with van der Waals surface area (Å²) in [7, 11) is 0. The Balaban J connectivity index is 3.97. The lowest BCUT2D eigenvalue weighted by atomic mass is 9.95. The van der Waals surface area contributed by atoms with Gasteiger partial charge >= 0.3 is 5.97 Å². The number of nitrogens with one attached hydrogen (secondary N) is 1. The van der Waals surface area contributed by atoms with Gasteiger partial charge in [-0.3, -0.25) is 10.1 Å². The minimum Gasteiger partial charge on any atom is -0.480 e. The Morgan fingerprint density at radius 3 is 2.47 bits per heavy atom. The Kier molecular flexibility index (Phi) is 8.97. The lowest BCUT2D eigenvalue weighted by Crippen LogP contribution is -2.52. The van der Waals surface area contributed by atoms with Gasteiger partial charge in [-0.1, -0.05) is 0 Å². The van der Waals surface area contributed by atoms with E-state index < -0.39 is 11.5 Å². The number of carbonyl (C=O) groups is 1. The van der Waals surface area contributed by atoms with Gasteiger partial charge in [-0.25, -0.2) is 0 Å². The van der Waals surface area contributed by atoms with Crippen LogP contribution in [0.1, 0.15) is 47.5 Å². The molecule has 0 bridgehead atoms. The molecule has 0 rings (SSSR count). The van der Waals surface area contributed by atoms with Crippen LogP contribution in [0.3, 0.4) is 0 Å². The predicted octanol–water partition coefficient (Wildman–Crippen LogP) is 2.05. The molecule has 0 saturated heterocycles. The summed E-state index contributed by atoms with van der Waals surface area (Å²) in [6.07, 6.45) is 1.30. The summed E-state index contributed by atoms with van der Waals surface area (Å²) < 4.78 is 10.8. The van der Waals surface area contributed by atoms with Crippen molar-refractivity contribution in [2.24, 2.45) is 0 Å². The van der Waals surface area contributed by atoms with Gasteiger partial charge in [0.15, 0.2) is 0 Å². The first-order valence-electron chi connectivity index (χ1n) is 7.02. The van der Waals surface area contributed by atoms with E-state index in [1.54, 1.807) is 6.92 Å². The first-order valence-corrected chi connectivity index (χ1v) is 7.02. The van der Waals surface area contributed by atoms with Crippen molar-refractivity contribution in [3.05, 3.63) is 0 Å². The molecule has 0 spiro atoms. The van der Waals surface area contributed by atoms with E-state index in [1.807, 2.05) is 27.7 Å². The van der Waals surface area contributed by atoms with Gasteiger partial charge in [0.05, 0.1) is 12.7 Å². The molecule has 5 nitrogen and oxygen atoms in total. The molecule has 19 heavy (non-hydrogen) atoms. The van der Waals surface area contributed by atoms with Crippen LogP contribution in [-0.2, 0) is 14.3 Å². The first kappa shape index (κ1) is 18.4. The molecule has 0 radical (unpaired) electrons. The van der Waals surface area contributed by atoms with E-state index in [1.165, 1.54) is 0 Å². The summed E-state index contributed by atoms with van der Waals surface area (Å²) >= 11 is 0. The molecule has 0 aliphatic heterocycles. The van der Waals surface area contributed by atoms with Crippen LogP contribution in [0.4, 0.5) is 0 Å². The topological polar surface area (TPSA) is 67.8 Å². The third-order valence-corrected chi connectivity index (χ3v) is 2.86. The number of rotatable bonds is 11. The minimum atomic E-state index is -0.888. The number of ether oxygens (including phenoxy) is 2. The minimum absolute atomic E-state index is 0.0501. The maximum atomic E-state index is 11.3. The number of hydrogen-bond acceptors (Lipinski definition) is 4. The van der Waals surface area contributed by atoms with Crippen molar-refractivity contribution < 1.29 is 19.4 Å². The maximum absolute atomic E-state index is 11.3. The van der Waals surface area contributed by atoms with Crippen LogP contribution < -0.4 is 5.32 Å². The molecule has 0 aliphatic carbocycles. The Labute approximate surface area is 116 Å². The van der Waals surface area contributed by atoms with Crippen LogP contribution >= 0.6 is 0 Å². The maximum Gasteiger partial charge on any atom is 0.323 e. The van der Waals surface area contributed by atoms with Crippen molar-refractivity contribution in [3.63, 3.8) is 0 Å². The van der Waals surface area contributed by atoms with E-state index in [9.17, 15) is 9.90 Å². The number of carboxylic acids is 1. The summed E-state index contributed by atoms with van der Waals surface area (Å²) in [5.74, 6) is -0.816. The average Bonchev–Trinajstić information content (AvgIpc) is 2.31. The molecule has 0 aliphatic rings. The Hall–Kier alpha value is -0.650. The highest BCUT2D eigenvalue weighted by molar-refractivity contribution is 5.78. The standard InChI is InChI=1S/C14H29NO4/c1-6-18-10-12(4)19-9-7-8-14(5,13(16)17)15-11(2)3/h11-12,15H,6-10H2,1-5H3,(H,16,17). The summed E-state index contributed by atoms with van der Waals surface area (Å²) in [5.41, 5.74) is -0.888. The molecular weight excluding hydrogens is 246 g/mol. The lowest BCUT2D eigenvalue weighted by Gasteiger charge is -2.28. The van der Waals surface area contributed by atoms with Crippen LogP contribution in [0.2, 0.25) is 0 Å². The zero-order chi connectivity index (χ0) is 14.9. The van der Waals surface area contributed by atoms with Crippen LogP contribution in [0.15, 0.2) is 0 Å². The molecule has 0 amide bonds. The normalized spacial score (nSPS) is 16.3. The van der Waals surface area contributed by atoms with Crippen molar-refractivity contribution >= 4 is 5.97 Å². The zero-order valence-electron chi connectivity index (χ0n) is 12.9. The molecule has 5 heteroatoms. The molecule has 0 aromatic rings. The third kappa shape index (κ3) is 8.18. The van der Waals surface area contributed by atoms with Crippen molar-refractivity contribution in [1.82, 2.24) is 5.32 Å². The number of hydrogen-bond donors (Lipinski definition) is 2. The summed E-state index contributed by atoms with van der Waals surface area (Å²) in [6.45, 7) is 11.3. The van der Waals surface area contributed by atoms with Crippen LogP contribution in [0.25, 0.3) is 0 Å². The highest BCUT2D eigenvalue weighted by atomic mass is 16.5. The largest absolute Gasteiger partial charge is 0.480 e. The highest BCUT2D eigenvalue weighted by Crippen LogP contribution is 2.14. The second-order valence-corrected chi connectivity index (χ2v) is 5.38. The summed E-state index contributed by atoms with van der Waals surface area (Å²) in [4.78, 5) is 11.3. The summed E-state index contributed by atoms with van der Waals surface area (Å²) in [6, 6.07) is 0.138. The zero-order valence-corrected chi connectivity index (χ0v) is 12.9. The molecule has 2 unspecified atom stereocenters. The molecule has 0 fully saturated rings. The van der Waals surface area contributed by atoms with E-state index >= 15 is 0 Å². The highest BCUT2D eigenvalue weighted by Gasteiger charge is 2.32.